The van der Waals surface area contributed by atoms with E-state index in [1.807, 2.05) is 0 Å². The van der Waals surface area contributed by atoms with Gasteiger partial charge in [-0.2, -0.15) is 13.2 Å². The van der Waals surface area contributed by atoms with Crippen LogP contribution < -0.4 is 0 Å². The molecule has 1 aliphatic carbocycles. The van der Waals surface area contributed by atoms with Crippen LogP contribution in [0.1, 0.15) is 11.5 Å². The lowest BCUT2D eigenvalue weighted by Crippen LogP contribution is -2.31. The molecule has 0 aliphatic heterocycles. The number of hydrogen-bond donors (Lipinski definition) is 0. The highest BCUT2D eigenvalue weighted by atomic mass is 32.1. The quantitative estimate of drug-likeness (QED) is 0.619. The fourth-order valence-electron chi connectivity index (χ4n) is 2.26. The first-order chi connectivity index (χ1) is 10.4. The summed E-state index contributed by atoms with van der Waals surface area (Å²) >= 11 is -0.255. The second kappa shape index (κ2) is 6.31. The minimum atomic E-state index is -4.67. The molecule has 22 heavy (non-hydrogen) atoms. The number of halogens is 3. The zero-order valence-electron chi connectivity index (χ0n) is 11.4. The predicted octanol–water partition coefficient (Wildman–Crippen LogP) is 2.76. The maximum atomic E-state index is 13.1. The second-order valence-corrected chi connectivity index (χ2v) is 5.09. The van der Waals surface area contributed by atoms with Gasteiger partial charge in [-0.1, -0.05) is 36.4 Å². The zero-order valence-corrected chi connectivity index (χ0v) is 12.2. The Balaban J connectivity index is 2.66. The van der Waals surface area contributed by atoms with Crippen LogP contribution in [0, 0.1) is 0 Å². The number of esters is 1. The van der Waals surface area contributed by atoms with E-state index in [0.29, 0.717) is 5.56 Å². The van der Waals surface area contributed by atoms with Gasteiger partial charge in [-0.05, 0) is 11.6 Å². The minimum Gasteiger partial charge on any atom is -0.466 e. The van der Waals surface area contributed by atoms with E-state index in [9.17, 15) is 22.2 Å². The number of alkyl halides is 3. The molecule has 1 aromatic carbocycles. The van der Waals surface area contributed by atoms with Crippen molar-refractivity contribution in [1.29, 1.82) is 0 Å². The molecule has 0 heterocycles. The summed E-state index contributed by atoms with van der Waals surface area (Å²) in [5, 5.41) is 0. The molecule has 0 N–H and O–H groups in total. The molecule has 0 amide bonds. The van der Waals surface area contributed by atoms with Crippen LogP contribution in [0.4, 0.5) is 13.2 Å². The molecule has 0 saturated carbocycles. The van der Waals surface area contributed by atoms with E-state index in [-0.39, 0.29) is 16.8 Å². The average molecular weight is 328 g/mol. The van der Waals surface area contributed by atoms with E-state index in [0.717, 1.165) is 19.3 Å². The van der Waals surface area contributed by atoms with Crippen LogP contribution in [0.2, 0.25) is 0 Å². The van der Waals surface area contributed by atoms with Gasteiger partial charge in [-0.3, -0.25) is 0 Å². The summed E-state index contributed by atoms with van der Waals surface area (Å²) in [7, 11) is 1.14. The molecule has 0 fully saturated rings. The summed E-state index contributed by atoms with van der Waals surface area (Å²) in [6.45, 7) is 0. The van der Waals surface area contributed by atoms with Gasteiger partial charge in [-0.25, -0.2) is 9.00 Å². The van der Waals surface area contributed by atoms with Crippen molar-refractivity contribution in [2.24, 2.45) is 0 Å². The number of allylic oxidation sites excluding steroid dienone is 3. The van der Waals surface area contributed by atoms with E-state index in [2.05, 4.69) is 4.74 Å². The molecule has 3 nitrogen and oxygen atoms in total. The van der Waals surface area contributed by atoms with Gasteiger partial charge >= 0.3 is 12.1 Å². The van der Waals surface area contributed by atoms with Crippen LogP contribution in [0.25, 0.3) is 0 Å². The molecule has 1 aliphatic rings. The number of methoxy groups -OCH3 is 1. The van der Waals surface area contributed by atoms with Crippen molar-refractivity contribution in [3.63, 3.8) is 0 Å². The fourth-order valence-corrected chi connectivity index (χ4v) is 2.89. The Bertz CT molecular complexity index is 698. The highest BCUT2D eigenvalue weighted by Crippen LogP contribution is 2.38. The van der Waals surface area contributed by atoms with E-state index < -0.39 is 28.5 Å². The maximum Gasteiger partial charge on any atom is 0.417 e. The van der Waals surface area contributed by atoms with Crippen molar-refractivity contribution >= 4 is 22.1 Å². The normalized spacial score (nSPS) is 18.4. The number of benzene rings is 1. The lowest BCUT2D eigenvalue weighted by Gasteiger charge is -2.25. The number of carbonyl (C=O) groups is 1. The Morgan fingerprint density at radius 2 is 1.82 bits per heavy atom. The van der Waals surface area contributed by atoms with Crippen LogP contribution in [-0.4, -0.2) is 28.3 Å². The van der Waals surface area contributed by atoms with E-state index in [4.69, 9.17) is 0 Å². The van der Waals surface area contributed by atoms with Crippen LogP contribution in [-0.2, 0) is 20.8 Å². The molecule has 2 rings (SSSR count). The summed E-state index contributed by atoms with van der Waals surface area (Å²) in [6, 6.07) is 8.08. The van der Waals surface area contributed by atoms with Gasteiger partial charge in [0.15, 0.2) is 0 Å². The molecule has 1 unspecified atom stereocenters. The van der Waals surface area contributed by atoms with Gasteiger partial charge in [0.05, 0.1) is 34.7 Å². The van der Waals surface area contributed by atoms with Gasteiger partial charge in [0.1, 0.15) is 0 Å². The van der Waals surface area contributed by atoms with Gasteiger partial charge in [-0.15, -0.1) is 0 Å². The van der Waals surface area contributed by atoms with Gasteiger partial charge in [0, 0.05) is 5.57 Å². The molecule has 0 saturated heterocycles. The zero-order chi connectivity index (χ0) is 16.3. The molecular weight excluding hydrogens is 317 g/mol. The third kappa shape index (κ3) is 3.04. The third-order valence-electron chi connectivity index (χ3n) is 3.22. The lowest BCUT2D eigenvalue weighted by atomic mass is 9.81. The Morgan fingerprint density at radius 1 is 1.18 bits per heavy atom. The summed E-state index contributed by atoms with van der Waals surface area (Å²) in [5.74, 6) is -1.85. The average Bonchev–Trinajstić information content (AvgIpc) is 2.52. The van der Waals surface area contributed by atoms with Gasteiger partial charge < -0.3 is 4.74 Å². The molecule has 1 aromatic rings. The smallest absolute Gasteiger partial charge is 0.417 e. The summed E-state index contributed by atoms with van der Waals surface area (Å²) in [6.07, 6.45) is -2.87. The summed E-state index contributed by atoms with van der Waals surface area (Å²) in [4.78, 5) is 11.4. The van der Waals surface area contributed by atoms with Crippen LogP contribution >= 0.6 is 0 Å². The minimum absolute atomic E-state index is 0.0000463. The van der Waals surface area contributed by atoms with Crippen molar-refractivity contribution in [2.45, 2.75) is 12.1 Å². The molecular formula is C15H11F3O3S. The monoisotopic (exact) mass is 328 g/mol. The third-order valence-corrected chi connectivity index (χ3v) is 3.85. The standard InChI is InChI=1S/C15H11F3O3S/c1-21-14(19)10-7-8-11(15(16,17)18)13(22-20)12(10)9-5-3-2-4-6-9/h2-8,12H,1H3. The second-order valence-electron chi connectivity index (χ2n) is 4.48. The molecule has 7 heteroatoms. The topological polar surface area (TPSA) is 43.4 Å². The van der Waals surface area contributed by atoms with Gasteiger partial charge in [0.2, 0.25) is 0 Å². The summed E-state index contributed by atoms with van der Waals surface area (Å²) in [5.41, 5.74) is -0.610. The Hall–Kier alpha value is -2.15. The molecule has 0 bridgehead atoms. The fraction of sp³-hybridized carbons (Fsp3) is 0.200. The van der Waals surface area contributed by atoms with E-state index >= 15 is 0 Å². The Labute approximate surface area is 128 Å². The Kier molecular flexibility index (Phi) is 4.65. The number of ether oxygens (including phenoxy) is 1. The largest absolute Gasteiger partial charge is 0.466 e. The highest BCUT2D eigenvalue weighted by molar-refractivity contribution is 7.67. The van der Waals surface area contributed by atoms with Crippen LogP contribution in [0.3, 0.4) is 0 Å². The molecule has 0 aromatic heterocycles. The number of carbonyl (C=O) groups excluding carboxylic acids is 1. The summed E-state index contributed by atoms with van der Waals surface area (Å²) < 4.78 is 55.2. The number of hydrogen-bond acceptors (Lipinski definition) is 3. The van der Waals surface area contributed by atoms with Crippen molar-refractivity contribution in [1.82, 2.24) is 0 Å². The molecule has 116 valence electrons. The van der Waals surface area contributed by atoms with Crippen LogP contribution in [0.15, 0.2) is 53.6 Å². The predicted molar refractivity (Wildman–Crippen MR) is 76.6 cm³/mol. The van der Waals surface area contributed by atoms with Crippen LogP contribution in [0.5, 0.6) is 0 Å². The first-order valence-electron chi connectivity index (χ1n) is 6.19. The van der Waals surface area contributed by atoms with Crippen molar-refractivity contribution in [3.05, 3.63) is 59.2 Å². The van der Waals surface area contributed by atoms with Crippen molar-refractivity contribution in [3.8, 4) is 0 Å². The van der Waals surface area contributed by atoms with E-state index in [1.165, 1.54) is 0 Å². The highest BCUT2D eigenvalue weighted by Gasteiger charge is 2.43. The van der Waals surface area contributed by atoms with E-state index in [1.54, 1.807) is 30.3 Å². The van der Waals surface area contributed by atoms with Gasteiger partial charge in [0.25, 0.3) is 0 Å². The molecule has 1 atom stereocenters. The SMILES string of the molecule is COC(=O)C1=CC=C(C(F)(F)F)C(=S=O)C1c1ccccc1. The van der Waals surface area contributed by atoms with Crippen molar-refractivity contribution < 1.29 is 26.9 Å². The Morgan fingerprint density at radius 3 is 2.32 bits per heavy atom. The molecule has 0 radical (unpaired) electrons. The first-order valence-corrected chi connectivity index (χ1v) is 6.93. The number of rotatable bonds is 2. The first kappa shape index (κ1) is 16.2. The maximum absolute atomic E-state index is 13.1. The van der Waals surface area contributed by atoms with Crippen molar-refractivity contribution in [2.75, 3.05) is 7.11 Å². The molecule has 0 spiro atoms. The lowest BCUT2D eigenvalue weighted by molar-refractivity contribution is -0.136.